The molecule has 486 valence electrons. The van der Waals surface area contributed by atoms with Crippen LogP contribution in [0.25, 0.3) is 0 Å². The van der Waals surface area contributed by atoms with Crippen molar-refractivity contribution in [3.63, 3.8) is 0 Å². The third kappa shape index (κ3) is 17.7. The molecule has 6 aliphatic rings. The van der Waals surface area contributed by atoms with Crippen LogP contribution in [0, 0.1) is 86.3 Å². The van der Waals surface area contributed by atoms with E-state index in [1.807, 2.05) is 90.0 Å². The molecule has 2 unspecified atom stereocenters. The Morgan fingerprint density at radius 1 is 0.540 bits per heavy atom. The molecule has 0 bridgehead atoms. The smallest absolute Gasteiger partial charge is 0.329 e. The van der Waals surface area contributed by atoms with Crippen molar-refractivity contribution in [1.82, 2.24) is 41.7 Å². The number of primary amides is 2. The average molecular weight is 1220 g/mol. The molecule has 0 aromatic rings. The summed E-state index contributed by atoms with van der Waals surface area (Å²) in [6, 6.07) is -9.42. The van der Waals surface area contributed by atoms with E-state index in [1.54, 1.807) is 34.6 Å². The van der Waals surface area contributed by atoms with Crippen LogP contribution in [0.4, 0.5) is 9.59 Å². The standard InChI is InChI=1S/C33H55N5O7.C30H45N5O7/c1-30(2,3)16-45-28(43)24(32(7,8)9)37-29(44)36-23(31(4,5)6)27(42)38-15-18-20(33(18,10)11)21(38)26(41)35-19(14-17-12-13-17)22(39)25(34)40;1-9-12-42-27(40)20(15(2)3)33-28(41)34-23(29(4,5)6)26(39)35-14-17-19(30(17,7)8)21(35)25(38)32-18(13-16-10-11-16)22(36)24(31)37/h17-21,23-24H,12-16H2,1-11H3,(H2,34,40)(H,35,41)(H2,36,37,44);1,15-21,23H,10-14H2,2-8H3,(H2,31,37)(H,32,38)(H2,33,34,41)/t18-,19?,20-,21-,23+,24+;17-,18?,19-,20-,21-,23+/m00/s1. The van der Waals surface area contributed by atoms with Gasteiger partial charge in [0.25, 0.3) is 11.8 Å². The van der Waals surface area contributed by atoms with Gasteiger partial charge in [-0.05, 0) is 86.8 Å². The molecule has 2 aliphatic heterocycles. The summed E-state index contributed by atoms with van der Waals surface area (Å²) in [6.07, 6.45) is 9.45. The Kier molecular flexibility index (Phi) is 21.6. The van der Waals surface area contributed by atoms with E-state index in [1.165, 1.54) is 9.80 Å². The van der Waals surface area contributed by atoms with E-state index in [9.17, 15) is 57.5 Å². The van der Waals surface area contributed by atoms with Crippen LogP contribution >= 0.6 is 0 Å². The predicted molar refractivity (Wildman–Crippen MR) is 321 cm³/mol. The number of esters is 2. The second kappa shape index (κ2) is 26.5. The lowest BCUT2D eigenvalue weighted by atomic mass is 9.85. The third-order valence-corrected chi connectivity index (χ3v) is 18.1. The van der Waals surface area contributed by atoms with Crippen LogP contribution < -0.4 is 43.4 Å². The van der Waals surface area contributed by atoms with Crippen molar-refractivity contribution in [2.75, 3.05) is 26.3 Å². The van der Waals surface area contributed by atoms with Crippen LogP contribution in [-0.4, -0.2) is 155 Å². The van der Waals surface area contributed by atoms with Crippen LogP contribution in [-0.2, 0) is 57.4 Å². The highest BCUT2D eigenvalue weighted by atomic mass is 16.5. The number of hydrogen-bond acceptors (Lipinski definition) is 14. The highest BCUT2D eigenvalue weighted by Crippen LogP contribution is 2.66. The number of rotatable bonds is 23. The number of Topliss-reactive ketones (excluding diaryl/α,β-unsaturated/α-hetero) is 2. The third-order valence-electron chi connectivity index (χ3n) is 18.1. The lowest BCUT2D eigenvalue weighted by Crippen LogP contribution is -2.62. The van der Waals surface area contributed by atoms with Gasteiger partial charge in [0, 0.05) is 13.1 Å². The Morgan fingerprint density at radius 3 is 1.21 bits per heavy atom. The quantitative estimate of drug-likeness (QED) is 0.0414. The van der Waals surface area contributed by atoms with Crippen LogP contribution in [0.15, 0.2) is 0 Å². The molecule has 10 N–H and O–H groups in total. The largest absolute Gasteiger partial charge is 0.464 e. The molecule has 4 saturated carbocycles. The fourth-order valence-corrected chi connectivity index (χ4v) is 12.3. The highest BCUT2D eigenvalue weighted by Gasteiger charge is 2.71. The van der Waals surface area contributed by atoms with Crippen LogP contribution in [0.3, 0.4) is 0 Å². The van der Waals surface area contributed by atoms with Gasteiger partial charge in [-0.15, -0.1) is 6.42 Å². The van der Waals surface area contributed by atoms with Crippen molar-refractivity contribution < 1.29 is 67.0 Å². The minimum absolute atomic E-state index is 0.0524. The maximum atomic E-state index is 14.2. The number of ketones is 2. The first kappa shape index (κ1) is 71.0. The topological polar surface area (TPSA) is 354 Å². The molecule has 12 atom stereocenters. The van der Waals surface area contributed by atoms with Crippen LogP contribution in [0.2, 0.25) is 0 Å². The molecular formula is C63H100N10O14. The minimum Gasteiger partial charge on any atom is -0.464 e. The summed E-state index contributed by atoms with van der Waals surface area (Å²) in [7, 11) is 0. The predicted octanol–water partition coefficient (Wildman–Crippen LogP) is 3.25. The van der Waals surface area contributed by atoms with Crippen molar-refractivity contribution in [3.05, 3.63) is 0 Å². The van der Waals surface area contributed by atoms with E-state index < -0.39 is 136 Å². The molecule has 0 spiro atoms. The zero-order valence-corrected chi connectivity index (χ0v) is 54.6. The number of terminal acetylenes is 1. The Balaban J connectivity index is 0.000000318. The van der Waals surface area contributed by atoms with E-state index >= 15 is 0 Å². The minimum atomic E-state index is -1.11. The van der Waals surface area contributed by atoms with Gasteiger partial charge >= 0.3 is 24.0 Å². The maximum absolute atomic E-state index is 14.2. The van der Waals surface area contributed by atoms with Crippen molar-refractivity contribution >= 4 is 71.0 Å². The first-order valence-electron chi connectivity index (χ1n) is 30.6. The molecule has 6 rings (SSSR count). The fourth-order valence-electron chi connectivity index (χ4n) is 12.3. The summed E-state index contributed by atoms with van der Waals surface area (Å²) in [5.74, 6) is -4.96. The number of piperidine rings is 2. The van der Waals surface area contributed by atoms with Gasteiger partial charge in [-0.3, -0.25) is 38.4 Å². The molecular weight excluding hydrogens is 1120 g/mol. The second-order valence-corrected chi connectivity index (χ2v) is 31.1. The zero-order valence-electron chi connectivity index (χ0n) is 54.6. The first-order valence-corrected chi connectivity index (χ1v) is 30.6. The van der Waals surface area contributed by atoms with Gasteiger partial charge in [0.15, 0.2) is 6.61 Å². The number of likely N-dealkylation sites (tertiary alicyclic amines) is 2. The molecule has 24 nitrogen and oxygen atoms in total. The molecule has 87 heavy (non-hydrogen) atoms. The Hall–Kier alpha value is -6.80. The number of nitrogens with two attached hydrogens (primary N) is 2. The molecule has 2 saturated heterocycles. The van der Waals surface area contributed by atoms with E-state index in [2.05, 4.69) is 37.8 Å². The monoisotopic (exact) mass is 1220 g/mol. The number of hydrogen-bond donors (Lipinski definition) is 8. The van der Waals surface area contributed by atoms with E-state index in [0.29, 0.717) is 25.9 Å². The van der Waals surface area contributed by atoms with E-state index in [0.717, 1.165) is 25.7 Å². The molecule has 10 amide bonds. The van der Waals surface area contributed by atoms with Gasteiger partial charge in [-0.25, -0.2) is 19.2 Å². The average Bonchev–Trinajstić information content (AvgIpc) is 1.54. The van der Waals surface area contributed by atoms with Crippen molar-refractivity contribution in [3.8, 4) is 12.3 Å². The van der Waals surface area contributed by atoms with Gasteiger partial charge in [-0.1, -0.05) is 156 Å². The molecule has 0 aromatic carbocycles. The summed E-state index contributed by atoms with van der Waals surface area (Å²) in [5, 5.41) is 16.3. The molecule has 0 radical (unpaired) electrons. The van der Waals surface area contributed by atoms with Gasteiger partial charge in [0.05, 0.1) is 18.7 Å². The normalized spacial score (nSPS) is 24.4. The van der Waals surface area contributed by atoms with Gasteiger partial charge in [0.1, 0.15) is 36.3 Å². The molecule has 4 aliphatic carbocycles. The van der Waals surface area contributed by atoms with Crippen molar-refractivity contribution in [2.45, 2.75) is 211 Å². The summed E-state index contributed by atoms with van der Waals surface area (Å²) in [6.45, 7) is 34.1. The maximum Gasteiger partial charge on any atom is 0.329 e. The molecule has 24 heteroatoms. The van der Waals surface area contributed by atoms with Crippen molar-refractivity contribution in [2.24, 2.45) is 85.4 Å². The fraction of sp³-hybridized carbons (Fsp3) is 0.778. The summed E-state index contributed by atoms with van der Waals surface area (Å²) < 4.78 is 10.5. The summed E-state index contributed by atoms with van der Waals surface area (Å²) >= 11 is 0. The number of nitrogens with zero attached hydrogens (tertiary/aromatic N) is 2. The Morgan fingerprint density at radius 2 is 0.897 bits per heavy atom. The van der Waals surface area contributed by atoms with Gasteiger partial charge in [0.2, 0.25) is 35.2 Å². The number of carbonyl (C=O) groups is 12. The number of amides is 10. The zero-order chi connectivity index (χ0) is 66.2. The summed E-state index contributed by atoms with van der Waals surface area (Å²) in [5.41, 5.74) is 7.66. The Bertz CT molecular complexity index is 2730. The number of fused-ring (bicyclic) bond motifs is 2. The summed E-state index contributed by atoms with van der Waals surface area (Å²) in [4.78, 5) is 159. The van der Waals surface area contributed by atoms with Crippen LogP contribution in [0.1, 0.15) is 163 Å². The number of ether oxygens (including phenoxy) is 2. The number of urea groups is 2. The molecule has 0 aromatic heterocycles. The lowest BCUT2D eigenvalue weighted by Gasteiger charge is -2.38. The van der Waals surface area contributed by atoms with E-state index in [-0.39, 0.29) is 70.9 Å². The number of nitrogens with one attached hydrogen (secondary N) is 6. The lowest BCUT2D eigenvalue weighted by molar-refractivity contribution is -0.151. The Labute approximate surface area is 513 Å². The first-order chi connectivity index (χ1) is 39.8. The second-order valence-electron chi connectivity index (χ2n) is 31.1. The molecule has 2 heterocycles. The number of carbonyl (C=O) groups excluding carboxylic acids is 12. The molecule has 6 fully saturated rings. The SMILES string of the molecule is C#CCOC(=O)[C@@H](NC(=O)N[C@H](C(=O)N1C[C@H]2[C@@H]([C@H]1C(=O)NC(CC1CC1)C(=O)C(N)=O)C2(C)C)C(C)(C)C)C(C)C.CC(C)(C)COC(=O)[C@@H](NC(=O)N[C@H](C(=O)N1C[C@H]2[C@@H]([C@H]1C(=O)NC(CC1CC1)C(=O)C(N)=O)C2(C)C)C(C)(C)C)C(C)(C)C. The van der Waals surface area contributed by atoms with Gasteiger partial charge in [-0.2, -0.15) is 0 Å². The van der Waals surface area contributed by atoms with E-state index in [4.69, 9.17) is 27.4 Å². The van der Waals surface area contributed by atoms with Crippen molar-refractivity contribution in [1.29, 1.82) is 0 Å². The highest BCUT2D eigenvalue weighted by molar-refractivity contribution is 6.38. The van der Waals surface area contributed by atoms with Gasteiger partial charge < -0.3 is 62.6 Å². The van der Waals surface area contributed by atoms with Crippen LogP contribution in [0.5, 0.6) is 0 Å².